The van der Waals surface area contributed by atoms with Crippen LogP contribution in [0.1, 0.15) is 31.2 Å². The van der Waals surface area contributed by atoms with Gasteiger partial charge >= 0.3 is 6.18 Å². The molecular formula is C15H20BrF3N2. The molecule has 1 unspecified atom stereocenters. The predicted octanol–water partition coefficient (Wildman–Crippen LogP) is 4.19. The first kappa shape index (κ1) is 16.8. The van der Waals surface area contributed by atoms with Crippen molar-refractivity contribution in [1.82, 2.24) is 5.43 Å². The molecule has 1 aromatic carbocycles. The first-order chi connectivity index (χ1) is 9.91. The summed E-state index contributed by atoms with van der Waals surface area (Å²) in [6, 6.07) is 7.87. The number of nitrogens with one attached hydrogen (secondary N) is 1. The Labute approximate surface area is 131 Å². The van der Waals surface area contributed by atoms with Gasteiger partial charge in [-0.2, -0.15) is 13.2 Å². The van der Waals surface area contributed by atoms with Gasteiger partial charge in [-0.25, -0.2) is 0 Å². The highest BCUT2D eigenvalue weighted by molar-refractivity contribution is 9.10. The number of hydrazine groups is 1. The van der Waals surface area contributed by atoms with Crippen molar-refractivity contribution in [3.63, 3.8) is 0 Å². The molecule has 118 valence electrons. The van der Waals surface area contributed by atoms with Crippen LogP contribution in [0.4, 0.5) is 13.2 Å². The molecule has 2 nitrogen and oxygen atoms in total. The van der Waals surface area contributed by atoms with Crippen molar-refractivity contribution in [3.05, 3.63) is 34.3 Å². The van der Waals surface area contributed by atoms with Gasteiger partial charge in [0.15, 0.2) is 0 Å². The molecule has 1 atom stereocenters. The Bertz CT molecular complexity index is 456. The maximum Gasteiger partial charge on any atom is 0.391 e. The van der Waals surface area contributed by atoms with E-state index in [1.165, 1.54) is 0 Å². The van der Waals surface area contributed by atoms with Crippen LogP contribution in [0, 0.1) is 11.8 Å². The summed E-state index contributed by atoms with van der Waals surface area (Å²) in [5.41, 5.74) is 3.92. The number of alkyl halides is 3. The number of hydrogen-bond donors (Lipinski definition) is 2. The van der Waals surface area contributed by atoms with Crippen LogP contribution in [0.15, 0.2) is 28.7 Å². The van der Waals surface area contributed by atoms with Crippen LogP contribution in [0.25, 0.3) is 0 Å². The largest absolute Gasteiger partial charge is 0.391 e. The minimum Gasteiger partial charge on any atom is -0.271 e. The van der Waals surface area contributed by atoms with Crippen molar-refractivity contribution < 1.29 is 13.2 Å². The summed E-state index contributed by atoms with van der Waals surface area (Å²) in [5, 5.41) is 0. The highest BCUT2D eigenvalue weighted by Gasteiger charge is 2.42. The van der Waals surface area contributed by atoms with E-state index >= 15 is 0 Å². The van der Waals surface area contributed by atoms with E-state index in [0.29, 0.717) is 12.8 Å². The zero-order chi connectivity index (χ0) is 15.5. The van der Waals surface area contributed by atoms with E-state index in [1.54, 1.807) is 0 Å². The molecule has 0 radical (unpaired) electrons. The molecule has 0 heterocycles. The molecule has 2 rings (SSSR count). The van der Waals surface area contributed by atoms with Gasteiger partial charge in [0, 0.05) is 10.5 Å². The molecule has 0 bridgehead atoms. The van der Waals surface area contributed by atoms with E-state index in [-0.39, 0.29) is 24.8 Å². The normalized spacial score (nSPS) is 24.8. The number of hydrogen-bond acceptors (Lipinski definition) is 2. The molecule has 0 amide bonds. The summed E-state index contributed by atoms with van der Waals surface area (Å²) in [6.45, 7) is 0. The quantitative estimate of drug-likeness (QED) is 0.620. The van der Waals surface area contributed by atoms with E-state index in [9.17, 15) is 13.2 Å². The summed E-state index contributed by atoms with van der Waals surface area (Å²) in [7, 11) is 0. The predicted molar refractivity (Wildman–Crippen MR) is 80.5 cm³/mol. The van der Waals surface area contributed by atoms with Gasteiger partial charge in [-0.1, -0.05) is 34.1 Å². The molecule has 0 saturated heterocycles. The van der Waals surface area contributed by atoms with E-state index in [1.807, 2.05) is 24.3 Å². The van der Waals surface area contributed by atoms with Gasteiger partial charge in [-0.05, 0) is 49.7 Å². The van der Waals surface area contributed by atoms with E-state index < -0.39 is 12.1 Å². The molecule has 21 heavy (non-hydrogen) atoms. The van der Waals surface area contributed by atoms with Crippen molar-refractivity contribution in [2.24, 2.45) is 17.7 Å². The maximum atomic E-state index is 12.7. The highest BCUT2D eigenvalue weighted by atomic mass is 79.9. The fourth-order valence-electron chi connectivity index (χ4n) is 3.11. The molecule has 0 spiro atoms. The van der Waals surface area contributed by atoms with Crippen molar-refractivity contribution in [2.75, 3.05) is 0 Å². The number of halogens is 4. The molecule has 1 fully saturated rings. The second kappa shape index (κ2) is 7.11. The third-order valence-electron chi connectivity index (χ3n) is 4.42. The number of benzene rings is 1. The zero-order valence-corrected chi connectivity index (χ0v) is 13.3. The third-order valence-corrected chi connectivity index (χ3v) is 5.19. The average molecular weight is 365 g/mol. The van der Waals surface area contributed by atoms with E-state index in [0.717, 1.165) is 16.5 Å². The lowest BCUT2D eigenvalue weighted by atomic mass is 9.77. The van der Waals surface area contributed by atoms with Gasteiger partial charge in [0.2, 0.25) is 0 Å². The monoisotopic (exact) mass is 364 g/mol. The number of nitrogens with two attached hydrogens (primary N) is 1. The lowest BCUT2D eigenvalue weighted by Crippen LogP contribution is -2.44. The topological polar surface area (TPSA) is 38.0 Å². The SMILES string of the molecule is NNC(Cc1ccccc1Br)C1CCC(C(F)(F)F)CC1. The molecule has 1 aromatic rings. The molecule has 1 aliphatic carbocycles. The Hall–Kier alpha value is -0.590. The standard InChI is InChI=1S/C15H20BrF3N2/c16-13-4-2-1-3-11(13)9-14(21-20)10-5-7-12(8-6-10)15(17,18)19/h1-4,10,12,14,21H,5-9,20H2. The van der Waals surface area contributed by atoms with Crippen LogP contribution in [-0.4, -0.2) is 12.2 Å². The minimum absolute atomic E-state index is 0.0119. The lowest BCUT2D eigenvalue weighted by molar-refractivity contribution is -0.184. The third kappa shape index (κ3) is 4.44. The van der Waals surface area contributed by atoms with Gasteiger partial charge in [0.05, 0.1) is 5.92 Å². The molecule has 0 aliphatic heterocycles. The Morgan fingerprint density at radius 3 is 2.33 bits per heavy atom. The Morgan fingerprint density at radius 2 is 1.81 bits per heavy atom. The highest BCUT2D eigenvalue weighted by Crippen LogP contribution is 2.40. The Morgan fingerprint density at radius 1 is 1.19 bits per heavy atom. The van der Waals surface area contributed by atoms with Crippen LogP contribution in [0.3, 0.4) is 0 Å². The summed E-state index contributed by atoms with van der Waals surface area (Å²) in [4.78, 5) is 0. The summed E-state index contributed by atoms with van der Waals surface area (Å²) < 4.78 is 39.1. The van der Waals surface area contributed by atoms with Gasteiger partial charge in [-0.15, -0.1) is 0 Å². The van der Waals surface area contributed by atoms with Crippen LogP contribution >= 0.6 is 15.9 Å². The van der Waals surface area contributed by atoms with Crippen LogP contribution in [-0.2, 0) is 6.42 Å². The molecule has 0 aromatic heterocycles. The molecule has 1 aliphatic rings. The second-order valence-corrected chi connectivity index (χ2v) is 6.58. The van der Waals surface area contributed by atoms with Crippen molar-refractivity contribution in [3.8, 4) is 0 Å². The lowest BCUT2D eigenvalue weighted by Gasteiger charge is -2.34. The number of rotatable bonds is 4. The fraction of sp³-hybridized carbons (Fsp3) is 0.600. The second-order valence-electron chi connectivity index (χ2n) is 5.72. The maximum absolute atomic E-state index is 12.7. The van der Waals surface area contributed by atoms with Crippen molar-refractivity contribution in [1.29, 1.82) is 0 Å². The van der Waals surface area contributed by atoms with Crippen molar-refractivity contribution >= 4 is 15.9 Å². The van der Waals surface area contributed by atoms with Crippen LogP contribution < -0.4 is 11.3 Å². The first-order valence-corrected chi connectivity index (χ1v) is 7.97. The smallest absolute Gasteiger partial charge is 0.271 e. The zero-order valence-electron chi connectivity index (χ0n) is 11.7. The summed E-state index contributed by atoms with van der Waals surface area (Å²) in [6.07, 6.45) is -1.77. The Kier molecular flexibility index (Phi) is 5.68. The molecular weight excluding hydrogens is 345 g/mol. The molecule has 3 N–H and O–H groups in total. The van der Waals surface area contributed by atoms with Gasteiger partial charge in [-0.3, -0.25) is 11.3 Å². The average Bonchev–Trinajstić information content (AvgIpc) is 2.46. The molecule has 1 saturated carbocycles. The van der Waals surface area contributed by atoms with Gasteiger partial charge in [0.25, 0.3) is 0 Å². The van der Waals surface area contributed by atoms with Crippen LogP contribution in [0.5, 0.6) is 0 Å². The summed E-state index contributed by atoms with van der Waals surface area (Å²) in [5.74, 6) is 4.69. The Balaban J connectivity index is 1.96. The van der Waals surface area contributed by atoms with E-state index in [4.69, 9.17) is 5.84 Å². The van der Waals surface area contributed by atoms with E-state index in [2.05, 4.69) is 21.4 Å². The first-order valence-electron chi connectivity index (χ1n) is 7.18. The van der Waals surface area contributed by atoms with Crippen molar-refractivity contribution in [2.45, 2.75) is 44.3 Å². The fourth-order valence-corrected chi connectivity index (χ4v) is 3.56. The van der Waals surface area contributed by atoms with Gasteiger partial charge < -0.3 is 0 Å². The van der Waals surface area contributed by atoms with Crippen LogP contribution in [0.2, 0.25) is 0 Å². The van der Waals surface area contributed by atoms with Gasteiger partial charge in [0.1, 0.15) is 0 Å². The minimum atomic E-state index is -4.06. The molecule has 6 heteroatoms. The summed E-state index contributed by atoms with van der Waals surface area (Å²) >= 11 is 3.50.